The van der Waals surface area contributed by atoms with E-state index in [2.05, 4.69) is 22.8 Å². The number of carbonyl (C=O) groups is 1. The molecular weight excluding hydrogens is 320 g/mol. The number of benzene rings is 1. The molecule has 0 bridgehead atoms. The smallest absolute Gasteiger partial charge is 0.237 e. The number of hydrogen-bond donors (Lipinski definition) is 3. The van der Waals surface area contributed by atoms with E-state index in [1.54, 1.807) is 0 Å². The van der Waals surface area contributed by atoms with E-state index in [1.807, 2.05) is 6.07 Å². The highest BCUT2D eigenvalue weighted by Gasteiger charge is 2.36. The van der Waals surface area contributed by atoms with E-state index in [-0.39, 0.29) is 24.2 Å². The van der Waals surface area contributed by atoms with Crippen LogP contribution in [0.2, 0.25) is 0 Å². The Kier molecular flexibility index (Phi) is 4.56. The highest BCUT2D eigenvalue weighted by atomic mass is 16.7. The Morgan fingerprint density at radius 3 is 2.80 bits per heavy atom. The molecular formula is C19H26N2O4. The van der Waals surface area contributed by atoms with Crippen molar-refractivity contribution < 1.29 is 19.4 Å². The summed E-state index contributed by atoms with van der Waals surface area (Å²) in [4.78, 5) is 12.5. The van der Waals surface area contributed by atoms with Crippen LogP contribution >= 0.6 is 0 Å². The molecule has 1 amide bonds. The van der Waals surface area contributed by atoms with Crippen LogP contribution in [0.3, 0.4) is 0 Å². The summed E-state index contributed by atoms with van der Waals surface area (Å²) in [5.41, 5.74) is 1.17. The summed E-state index contributed by atoms with van der Waals surface area (Å²) in [5, 5.41) is 15.8. The quantitative estimate of drug-likeness (QED) is 0.769. The van der Waals surface area contributed by atoms with Gasteiger partial charge in [-0.25, -0.2) is 0 Å². The minimum absolute atomic E-state index is 0.0118. The van der Waals surface area contributed by atoms with Crippen molar-refractivity contribution in [2.45, 2.75) is 56.1 Å². The van der Waals surface area contributed by atoms with Crippen LogP contribution in [0, 0.1) is 0 Å². The monoisotopic (exact) mass is 346 g/mol. The zero-order valence-electron chi connectivity index (χ0n) is 14.4. The van der Waals surface area contributed by atoms with Crippen molar-refractivity contribution in [3.8, 4) is 11.5 Å². The van der Waals surface area contributed by atoms with Crippen LogP contribution < -0.4 is 20.1 Å². The van der Waals surface area contributed by atoms with Gasteiger partial charge < -0.3 is 25.2 Å². The molecule has 2 heterocycles. The number of β-amino-alcohol motifs (C(OH)–C–C–N with tert-alkyl or cyclic N) is 1. The second-order valence-electron chi connectivity index (χ2n) is 7.48. The number of fused-ring (bicyclic) bond motifs is 1. The number of hydrogen-bond acceptors (Lipinski definition) is 5. The molecule has 1 saturated heterocycles. The van der Waals surface area contributed by atoms with Crippen molar-refractivity contribution in [1.82, 2.24) is 10.6 Å². The van der Waals surface area contributed by atoms with Gasteiger partial charge in [-0.05, 0) is 37.0 Å². The number of nitrogens with one attached hydrogen (secondary N) is 2. The normalized spacial score (nSPS) is 27.2. The molecule has 2 atom stereocenters. The largest absolute Gasteiger partial charge is 0.454 e. The fourth-order valence-electron chi connectivity index (χ4n) is 4.32. The SMILES string of the molecule is O=C(NCC1(c2ccc3c(c2)OCO3)CCCCC1)[C@@H]1C[C@@H](O)CN1. The maximum atomic E-state index is 12.5. The lowest BCUT2D eigenvalue weighted by molar-refractivity contribution is -0.123. The standard InChI is InChI=1S/C19H26N2O4/c22-14-9-15(20-10-14)18(23)21-11-19(6-2-1-3-7-19)13-4-5-16-17(8-13)25-12-24-16/h4-5,8,14-15,20,22H,1-3,6-7,9-12H2,(H,21,23)/t14-,15+/m1/s1. The number of amides is 1. The molecule has 2 aliphatic heterocycles. The molecule has 1 aromatic carbocycles. The van der Waals surface area contributed by atoms with Crippen molar-refractivity contribution in [2.75, 3.05) is 19.9 Å². The Bertz CT molecular complexity index is 642. The number of ether oxygens (including phenoxy) is 2. The topological polar surface area (TPSA) is 79.8 Å². The summed E-state index contributed by atoms with van der Waals surface area (Å²) in [6.07, 6.45) is 5.78. The third kappa shape index (κ3) is 3.33. The van der Waals surface area contributed by atoms with Crippen LogP contribution in [0.5, 0.6) is 11.5 Å². The zero-order chi connectivity index (χ0) is 17.3. The van der Waals surface area contributed by atoms with Crippen molar-refractivity contribution in [2.24, 2.45) is 0 Å². The van der Waals surface area contributed by atoms with Crippen LogP contribution in [-0.4, -0.2) is 43.0 Å². The van der Waals surface area contributed by atoms with E-state index in [0.717, 1.165) is 24.3 Å². The second-order valence-corrected chi connectivity index (χ2v) is 7.48. The third-order valence-electron chi connectivity index (χ3n) is 5.82. The maximum Gasteiger partial charge on any atom is 0.237 e. The summed E-state index contributed by atoms with van der Waals surface area (Å²) in [6.45, 7) is 1.39. The Labute approximate surface area is 147 Å². The fraction of sp³-hybridized carbons (Fsp3) is 0.632. The number of carbonyl (C=O) groups excluding carboxylic acids is 1. The van der Waals surface area contributed by atoms with Crippen LogP contribution in [0.1, 0.15) is 44.1 Å². The zero-order valence-corrected chi connectivity index (χ0v) is 14.4. The third-order valence-corrected chi connectivity index (χ3v) is 5.82. The minimum Gasteiger partial charge on any atom is -0.454 e. The molecule has 0 unspecified atom stereocenters. The molecule has 4 rings (SSSR count). The van der Waals surface area contributed by atoms with Crippen molar-refractivity contribution in [3.63, 3.8) is 0 Å². The minimum atomic E-state index is -0.423. The van der Waals surface area contributed by atoms with Crippen molar-refractivity contribution >= 4 is 5.91 Å². The molecule has 136 valence electrons. The van der Waals surface area contributed by atoms with E-state index in [0.29, 0.717) is 19.5 Å². The van der Waals surface area contributed by atoms with Gasteiger partial charge in [0, 0.05) is 18.5 Å². The van der Waals surface area contributed by atoms with Gasteiger partial charge in [-0.2, -0.15) is 0 Å². The summed E-state index contributed by atoms with van der Waals surface area (Å²) in [5.74, 6) is 1.58. The highest BCUT2D eigenvalue weighted by Crippen LogP contribution is 2.43. The Balaban J connectivity index is 1.50. The van der Waals surface area contributed by atoms with E-state index in [1.165, 1.54) is 24.8 Å². The van der Waals surface area contributed by atoms with E-state index >= 15 is 0 Å². The molecule has 0 spiro atoms. The van der Waals surface area contributed by atoms with Gasteiger partial charge in [-0.3, -0.25) is 4.79 Å². The van der Waals surface area contributed by atoms with Crippen LogP contribution in [0.25, 0.3) is 0 Å². The number of rotatable bonds is 4. The Morgan fingerprint density at radius 2 is 2.04 bits per heavy atom. The molecule has 25 heavy (non-hydrogen) atoms. The maximum absolute atomic E-state index is 12.5. The van der Waals surface area contributed by atoms with E-state index < -0.39 is 6.10 Å². The van der Waals surface area contributed by atoms with Gasteiger partial charge in [-0.1, -0.05) is 25.3 Å². The van der Waals surface area contributed by atoms with Crippen molar-refractivity contribution in [1.29, 1.82) is 0 Å². The first-order valence-corrected chi connectivity index (χ1v) is 9.26. The summed E-state index contributed by atoms with van der Waals surface area (Å²) < 4.78 is 11.0. The molecule has 2 fully saturated rings. The van der Waals surface area contributed by atoms with Gasteiger partial charge in [0.15, 0.2) is 11.5 Å². The molecule has 1 aliphatic carbocycles. The lowest BCUT2D eigenvalue weighted by Crippen LogP contribution is -2.47. The van der Waals surface area contributed by atoms with Gasteiger partial charge in [0.05, 0.1) is 12.1 Å². The van der Waals surface area contributed by atoms with Crippen LogP contribution in [0.4, 0.5) is 0 Å². The van der Waals surface area contributed by atoms with Gasteiger partial charge in [0.1, 0.15) is 0 Å². The molecule has 1 saturated carbocycles. The van der Waals surface area contributed by atoms with Crippen molar-refractivity contribution in [3.05, 3.63) is 23.8 Å². The average molecular weight is 346 g/mol. The first-order valence-electron chi connectivity index (χ1n) is 9.26. The van der Waals surface area contributed by atoms with Gasteiger partial charge in [0.25, 0.3) is 0 Å². The molecule has 6 nitrogen and oxygen atoms in total. The molecule has 3 N–H and O–H groups in total. The predicted octanol–water partition coefficient (Wildman–Crippen LogP) is 1.46. The van der Waals surface area contributed by atoms with E-state index in [9.17, 15) is 9.90 Å². The predicted molar refractivity (Wildman–Crippen MR) is 92.8 cm³/mol. The highest BCUT2D eigenvalue weighted by molar-refractivity contribution is 5.82. The molecule has 3 aliphatic rings. The van der Waals surface area contributed by atoms with Crippen LogP contribution in [0.15, 0.2) is 18.2 Å². The summed E-state index contributed by atoms with van der Waals surface area (Å²) >= 11 is 0. The number of aliphatic hydroxyl groups is 1. The number of aliphatic hydroxyl groups excluding tert-OH is 1. The fourth-order valence-corrected chi connectivity index (χ4v) is 4.32. The first-order chi connectivity index (χ1) is 12.2. The summed E-state index contributed by atoms with van der Waals surface area (Å²) in [6, 6.07) is 5.89. The molecule has 6 heteroatoms. The first kappa shape index (κ1) is 16.7. The van der Waals surface area contributed by atoms with E-state index in [4.69, 9.17) is 9.47 Å². The Hall–Kier alpha value is -1.79. The lowest BCUT2D eigenvalue weighted by atomic mass is 9.69. The molecule has 0 aromatic heterocycles. The second kappa shape index (κ2) is 6.84. The van der Waals surface area contributed by atoms with Gasteiger partial charge in [0.2, 0.25) is 12.7 Å². The molecule has 0 radical (unpaired) electrons. The van der Waals surface area contributed by atoms with Gasteiger partial charge >= 0.3 is 0 Å². The summed E-state index contributed by atoms with van der Waals surface area (Å²) in [7, 11) is 0. The lowest BCUT2D eigenvalue weighted by Gasteiger charge is -2.38. The van der Waals surface area contributed by atoms with Gasteiger partial charge in [-0.15, -0.1) is 0 Å². The Morgan fingerprint density at radius 1 is 1.24 bits per heavy atom. The average Bonchev–Trinajstić information content (AvgIpc) is 3.28. The molecule has 1 aromatic rings. The van der Waals surface area contributed by atoms with Crippen LogP contribution in [-0.2, 0) is 10.2 Å².